The number of rotatable bonds is 5. The minimum absolute atomic E-state index is 0.350. The van der Waals surface area contributed by atoms with Crippen LogP contribution in [-0.4, -0.2) is 27.0 Å². The van der Waals surface area contributed by atoms with Gasteiger partial charge in [0.2, 0.25) is 5.88 Å². The van der Waals surface area contributed by atoms with Gasteiger partial charge < -0.3 is 10.5 Å². The fourth-order valence-electron chi connectivity index (χ4n) is 2.96. The Morgan fingerprint density at radius 2 is 1.68 bits per heavy atom. The molecular weight excluding hydrogens is 350 g/mol. The molecule has 0 spiro atoms. The fourth-order valence-corrected chi connectivity index (χ4v) is 2.96. The summed E-state index contributed by atoms with van der Waals surface area (Å²) in [5, 5.41) is 0. The van der Waals surface area contributed by atoms with E-state index in [0.29, 0.717) is 12.4 Å². The Kier molecular flexibility index (Phi) is 5.03. The molecule has 0 fully saturated rings. The van der Waals surface area contributed by atoms with Crippen LogP contribution < -0.4 is 10.5 Å². The second-order valence-corrected chi connectivity index (χ2v) is 6.20. The lowest BCUT2D eigenvalue weighted by molar-refractivity contribution is 0.398. The van der Waals surface area contributed by atoms with Crippen molar-refractivity contribution in [1.29, 1.82) is 0 Å². The predicted octanol–water partition coefficient (Wildman–Crippen LogP) is 3.73. The van der Waals surface area contributed by atoms with E-state index in [-0.39, 0.29) is 0 Å². The fraction of sp³-hybridized carbons (Fsp3) is 0.0909. The quantitative estimate of drug-likeness (QED) is 0.577. The van der Waals surface area contributed by atoms with Gasteiger partial charge in [-0.05, 0) is 47.5 Å². The van der Waals surface area contributed by atoms with E-state index in [1.165, 1.54) is 0 Å². The van der Waals surface area contributed by atoms with Crippen LogP contribution in [0.15, 0.2) is 73.3 Å². The van der Waals surface area contributed by atoms with Crippen LogP contribution in [0.25, 0.3) is 33.6 Å². The van der Waals surface area contributed by atoms with Crippen molar-refractivity contribution in [2.45, 2.75) is 6.54 Å². The molecule has 4 aromatic rings. The maximum Gasteiger partial charge on any atom is 0.213 e. The normalized spacial score (nSPS) is 10.6. The molecule has 0 bridgehead atoms. The summed E-state index contributed by atoms with van der Waals surface area (Å²) in [5.74, 6) is 0.565. The van der Waals surface area contributed by atoms with Crippen molar-refractivity contribution in [2.75, 3.05) is 7.11 Å². The zero-order valence-corrected chi connectivity index (χ0v) is 15.4. The number of ether oxygens (including phenoxy) is 1. The Hall–Kier alpha value is -3.64. The van der Waals surface area contributed by atoms with Gasteiger partial charge in [0.05, 0.1) is 24.2 Å². The number of nitrogens with zero attached hydrogens (tertiary/aromatic N) is 4. The topological polar surface area (TPSA) is 86.8 Å². The second-order valence-electron chi connectivity index (χ2n) is 6.20. The molecule has 0 atom stereocenters. The first kappa shape index (κ1) is 17.8. The van der Waals surface area contributed by atoms with Crippen molar-refractivity contribution in [1.82, 2.24) is 19.9 Å². The highest BCUT2D eigenvalue weighted by Gasteiger charge is 2.09. The van der Waals surface area contributed by atoms with Gasteiger partial charge in [-0.2, -0.15) is 0 Å². The van der Waals surface area contributed by atoms with Gasteiger partial charge in [0.15, 0.2) is 0 Å². The van der Waals surface area contributed by atoms with Crippen LogP contribution in [-0.2, 0) is 6.54 Å². The van der Waals surface area contributed by atoms with E-state index in [0.717, 1.165) is 39.3 Å². The Labute approximate surface area is 163 Å². The van der Waals surface area contributed by atoms with Gasteiger partial charge in [-0.1, -0.05) is 6.07 Å². The van der Waals surface area contributed by atoms with Gasteiger partial charge in [0.25, 0.3) is 0 Å². The van der Waals surface area contributed by atoms with Gasteiger partial charge in [-0.15, -0.1) is 0 Å². The maximum absolute atomic E-state index is 5.88. The zero-order chi connectivity index (χ0) is 19.3. The summed E-state index contributed by atoms with van der Waals surface area (Å²) in [6.07, 6.45) is 7.13. The van der Waals surface area contributed by atoms with E-state index in [4.69, 9.17) is 10.5 Å². The van der Waals surface area contributed by atoms with E-state index in [1.54, 1.807) is 19.5 Å². The van der Waals surface area contributed by atoms with Crippen molar-refractivity contribution >= 4 is 0 Å². The van der Waals surface area contributed by atoms with Crippen LogP contribution in [0.5, 0.6) is 5.88 Å². The van der Waals surface area contributed by atoms with E-state index < -0.39 is 0 Å². The Morgan fingerprint density at radius 1 is 0.821 bits per heavy atom. The summed E-state index contributed by atoms with van der Waals surface area (Å²) in [7, 11) is 1.60. The molecule has 2 N–H and O–H groups in total. The van der Waals surface area contributed by atoms with Crippen molar-refractivity contribution in [2.24, 2.45) is 5.73 Å². The summed E-state index contributed by atoms with van der Waals surface area (Å²) in [5.41, 5.74) is 12.2. The summed E-state index contributed by atoms with van der Waals surface area (Å²) in [6.45, 7) is 0.350. The minimum Gasteiger partial charge on any atom is -0.481 e. The van der Waals surface area contributed by atoms with Gasteiger partial charge in [0, 0.05) is 48.5 Å². The number of hydrogen-bond acceptors (Lipinski definition) is 6. The third-order valence-corrected chi connectivity index (χ3v) is 4.36. The molecule has 6 heteroatoms. The van der Waals surface area contributed by atoms with Crippen molar-refractivity contribution < 1.29 is 4.74 Å². The molecule has 0 aliphatic rings. The lowest BCUT2D eigenvalue weighted by atomic mass is 10.0. The SMILES string of the molecule is COc1cc(-c2cncc(-c3cc(CN)nc(-c4ccccn4)c3)c2)ccn1. The van der Waals surface area contributed by atoms with Crippen LogP contribution in [0.1, 0.15) is 5.69 Å². The number of pyridine rings is 4. The molecule has 4 rings (SSSR count). The van der Waals surface area contributed by atoms with Gasteiger partial charge >= 0.3 is 0 Å². The molecule has 0 aliphatic heterocycles. The molecule has 0 aliphatic carbocycles. The highest BCUT2D eigenvalue weighted by atomic mass is 16.5. The third-order valence-electron chi connectivity index (χ3n) is 4.36. The molecule has 4 aromatic heterocycles. The smallest absolute Gasteiger partial charge is 0.213 e. The van der Waals surface area contributed by atoms with Crippen LogP contribution in [0.4, 0.5) is 0 Å². The second kappa shape index (κ2) is 7.94. The van der Waals surface area contributed by atoms with Crippen LogP contribution in [0.2, 0.25) is 0 Å². The molecule has 0 saturated heterocycles. The molecule has 0 unspecified atom stereocenters. The molecule has 4 heterocycles. The average molecular weight is 369 g/mol. The van der Waals surface area contributed by atoms with E-state index in [2.05, 4.69) is 26.0 Å². The van der Waals surface area contributed by atoms with Crippen LogP contribution in [0, 0.1) is 0 Å². The number of aromatic nitrogens is 4. The average Bonchev–Trinajstić information content (AvgIpc) is 2.79. The minimum atomic E-state index is 0.350. The molecule has 6 nitrogen and oxygen atoms in total. The number of nitrogens with two attached hydrogens (primary N) is 1. The molecule has 138 valence electrons. The molecular formula is C22H19N5O. The highest BCUT2D eigenvalue weighted by molar-refractivity contribution is 5.74. The van der Waals surface area contributed by atoms with Crippen molar-refractivity contribution in [3.05, 3.63) is 79.0 Å². The van der Waals surface area contributed by atoms with Gasteiger partial charge in [0.1, 0.15) is 0 Å². The summed E-state index contributed by atoms with van der Waals surface area (Å²) in [6, 6.07) is 15.7. The predicted molar refractivity (Wildman–Crippen MR) is 108 cm³/mol. The lowest BCUT2D eigenvalue weighted by Gasteiger charge is -2.10. The van der Waals surface area contributed by atoms with E-state index in [9.17, 15) is 0 Å². The van der Waals surface area contributed by atoms with E-state index >= 15 is 0 Å². The first-order valence-electron chi connectivity index (χ1n) is 8.85. The van der Waals surface area contributed by atoms with Crippen molar-refractivity contribution in [3.63, 3.8) is 0 Å². The summed E-state index contributed by atoms with van der Waals surface area (Å²) in [4.78, 5) is 17.6. The standard InChI is InChI=1S/C22H19N5O/c1-28-22-11-15(5-7-26-22)17-8-18(14-24-13-17)16-9-19(12-23)27-21(10-16)20-4-2-3-6-25-20/h2-11,13-14H,12,23H2,1H3. The maximum atomic E-state index is 5.88. The van der Waals surface area contributed by atoms with Gasteiger partial charge in [-0.25, -0.2) is 9.97 Å². The van der Waals surface area contributed by atoms with E-state index in [1.807, 2.05) is 54.9 Å². The lowest BCUT2D eigenvalue weighted by Crippen LogP contribution is -2.02. The Morgan fingerprint density at radius 3 is 2.43 bits per heavy atom. The monoisotopic (exact) mass is 369 g/mol. The molecule has 0 aromatic carbocycles. The van der Waals surface area contributed by atoms with Crippen LogP contribution in [0.3, 0.4) is 0 Å². The van der Waals surface area contributed by atoms with Gasteiger partial charge in [-0.3, -0.25) is 9.97 Å². The first-order chi connectivity index (χ1) is 13.8. The summed E-state index contributed by atoms with van der Waals surface area (Å²) >= 11 is 0. The molecule has 0 saturated carbocycles. The highest BCUT2D eigenvalue weighted by Crippen LogP contribution is 2.29. The summed E-state index contributed by atoms with van der Waals surface area (Å²) < 4.78 is 5.23. The van der Waals surface area contributed by atoms with Crippen LogP contribution >= 0.6 is 0 Å². The zero-order valence-electron chi connectivity index (χ0n) is 15.4. The Bertz CT molecular complexity index is 1100. The molecule has 28 heavy (non-hydrogen) atoms. The van der Waals surface area contributed by atoms with Crippen molar-refractivity contribution in [3.8, 4) is 39.5 Å². The number of methoxy groups -OCH3 is 1. The largest absolute Gasteiger partial charge is 0.481 e. The molecule has 0 amide bonds. The third kappa shape index (κ3) is 3.72. The first-order valence-corrected chi connectivity index (χ1v) is 8.85. The molecule has 0 radical (unpaired) electrons. The number of hydrogen-bond donors (Lipinski definition) is 1. The Balaban J connectivity index is 1.79.